The summed E-state index contributed by atoms with van der Waals surface area (Å²) in [5.74, 6) is 0.266. The highest BCUT2D eigenvalue weighted by molar-refractivity contribution is 7.98. The second-order valence-corrected chi connectivity index (χ2v) is 6.44. The quantitative estimate of drug-likeness (QED) is 0.868. The number of thioether (sulfide) groups is 1. The molecule has 0 saturated carbocycles. The van der Waals surface area contributed by atoms with Crippen molar-refractivity contribution in [3.05, 3.63) is 53.6 Å². The Labute approximate surface area is 145 Å². The molecular weight excluding hydrogens is 324 g/mol. The van der Waals surface area contributed by atoms with Crippen LogP contribution in [0.3, 0.4) is 0 Å². The van der Waals surface area contributed by atoms with Crippen LogP contribution < -0.4 is 10.1 Å². The first-order chi connectivity index (χ1) is 11.6. The first-order valence-corrected chi connectivity index (χ1v) is 8.74. The van der Waals surface area contributed by atoms with Crippen molar-refractivity contribution in [3.8, 4) is 5.75 Å². The summed E-state index contributed by atoms with van der Waals surface area (Å²) in [6.07, 6.45) is 2.03. The standard InChI is InChI=1S/C18H18N2O3S/c1-20(10-12-3-6-14(24-2)7-4-12)18(22)13-5-8-16-15(9-13)19-17(21)11-23-16/h3-9H,10-11H2,1-2H3,(H,19,21). The number of carbonyl (C=O) groups is 2. The number of fused-ring (bicyclic) bond motifs is 1. The molecule has 0 spiro atoms. The van der Waals surface area contributed by atoms with E-state index in [9.17, 15) is 9.59 Å². The van der Waals surface area contributed by atoms with Gasteiger partial charge < -0.3 is 15.0 Å². The topological polar surface area (TPSA) is 58.6 Å². The number of hydrogen-bond acceptors (Lipinski definition) is 4. The smallest absolute Gasteiger partial charge is 0.262 e. The van der Waals surface area contributed by atoms with Crippen molar-refractivity contribution in [2.45, 2.75) is 11.4 Å². The number of nitrogens with one attached hydrogen (secondary N) is 1. The molecule has 0 fully saturated rings. The maximum atomic E-state index is 12.6. The van der Waals surface area contributed by atoms with Crippen LogP contribution in [0, 0.1) is 0 Å². The molecule has 1 N–H and O–H groups in total. The first-order valence-electron chi connectivity index (χ1n) is 7.52. The van der Waals surface area contributed by atoms with Gasteiger partial charge in [0.05, 0.1) is 5.69 Å². The molecule has 0 radical (unpaired) electrons. The summed E-state index contributed by atoms with van der Waals surface area (Å²) in [5.41, 5.74) is 2.12. The molecule has 2 aromatic carbocycles. The second-order valence-electron chi connectivity index (χ2n) is 5.56. The van der Waals surface area contributed by atoms with Crippen LogP contribution in [0.25, 0.3) is 0 Å². The Morgan fingerprint density at radius 1 is 1.25 bits per heavy atom. The lowest BCUT2D eigenvalue weighted by Gasteiger charge is -2.21. The van der Waals surface area contributed by atoms with E-state index in [0.29, 0.717) is 23.5 Å². The normalized spacial score (nSPS) is 12.8. The van der Waals surface area contributed by atoms with Crippen LogP contribution in [0.2, 0.25) is 0 Å². The molecule has 1 heterocycles. The number of nitrogens with zero attached hydrogens (tertiary/aromatic N) is 1. The highest BCUT2D eigenvalue weighted by Gasteiger charge is 2.19. The number of hydrogen-bond donors (Lipinski definition) is 1. The van der Waals surface area contributed by atoms with Gasteiger partial charge in [-0.3, -0.25) is 9.59 Å². The van der Waals surface area contributed by atoms with E-state index in [2.05, 4.69) is 5.32 Å². The van der Waals surface area contributed by atoms with E-state index in [1.807, 2.05) is 30.5 Å². The Bertz CT molecular complexity index is 774. The van der Waals surface area contributed by atoms with Crippen LogP contribution >= 0.6 is 11.8 Å². The third-order valence-corrected chi connectivity index (χ3v) is 4.53. The predicted molar refractivity (Wildman–Crippen MR) is 94.6 cm³/mol. The third-order valence-electron chi connectivity index (χ3n) is 3.78. The van der Waals surface area contributed by atoms with Crippen molar-refractivity contribution >= 4 is 29.3 Å². The van der Waals surface area contributed by atoms with Gasteiger partial charge in [-0.25, -0.2) is 0 Å². The minimum absolute atomic E-state index is 0.00619. The number of amides is 2. The first kappa shape index (κ1) is 16.4. The molecule has 124 valence electrons. The summed E-state index contributed by atoms with van der Waals surface area (Å²) in [7, 11) is 1.76. The zero-order chi connectivity index (χ0) is 17.1. The highest BCUT2D eigenvalue weighted by atomic mass is 32.2. The summed E-state index contributed by atoms with van der Waals surface area (Å²) in [6, 6.07) is 13.2. The van der Waals surface area contributed by atoms with Crippen LogP contribution in [0.15, 0.2) is 47.4 Å². The largest absolute Gasteiger partial charge is 0.482 e. The van der Waals surface area contributed by atoms with Crippen molar-refractivity contribution in [1.82, 2.24) is 4.90 Å². The Hall–Kier alpha value is -2.47. The van der Waals surface area contributed by atoms with Crippen LogP contribution in [-0.4, -0.2) is 36.6 Å². The fourth-order valence-corrected chi connectivity index (χ4v) is 2.92. The van der Waals surface area contributed by atoms with Gasteiger partial charge in [0.2, 0.25) is 0 Å². The van der Waals surface area contributed by atoms with Crippen LogP contribution in [0.4, 0.5) is 5.69 Å². The van der Waals surface area contributed by atoms with Crippen molar-refractivity contribution in [1.29, 1.82) is 0 Å². The summed E-state index contributed by atoms with van der Waals surface area (Å²) in [4.78, 5) is 26.9. The van der Waals surface area contributed by atoms with Gasteiger partial charge in [0.15, 0.2) is 6.61 Å². The van der Waals surface area contributed by atoms with Gasteiger partial charge in [-0.05, 0) is 42.2 Å². The lowest BCUT2D eigenvalue weighted by Crippen LogP contribution is -2.28. The molecule has 3 rings (SSSR count). The maximum absolute atomic E-state index is 12.6. The fraction of sp³-hybridized carbons (Fsp3) is 0.222. The Kier molecular flexibility index (Phi) is 4.76. The predicted octanol–water partition coefficient (Wildman–Crippen LogP) is 3.01. The molecule has 2 amide bonds. The van der Waals surface area contributed by atoms with Gasteiger partial charge in [0.1, 0.15) is 5.75 Å². The summed E-state index contributed by atoms with van der Waals surface area (Å²) in [5, 5.41) is 2.72. The Morgan fingerprint density at radius 3 is 2.71 bits per heavy atom. The lowest BCUT2D eigenvalue weighted by molar-refractivity contribution is -0.118. The molecule has 6 heteroatoms. The molecule has 0 saturated heterocycles. The molecule has 1 aliphatic rings. The lowest BCUT2D eigenvalue weighted by atomic mass is 10.1. The van der Waals surface area contributed by atoms with E-state index in [4.69, 9.17) is 4.74 Å². The average molecular weight is 342 g/mol. The fourth-order valence-electron chi connectivity index (χ4n) is 2.51. The van der Waals surface area contributed by atoms with Gasteiger partial charge in [0, 0.05) is 24.1 Å². The van der Waals surface area contributed by atoms with E-state index in [0.717, 1.165) is 5.56 Å². The van der Waals surface area contributed by atoms with Crippen molar-refractivity contribution in [2.24, 2.45) is 0 Å². The van der Waals surface area contributed by atoms with E-state index in [-0.39, 0.29) is 18.4 Å². The molecule has 2 aromatic rings. The average Bonchev–Trinajstić information content (AvgIpc) is 2.61. The van der Waals surface area contributed by atoms with Gasteiger partial charge in [-0.15, -0.1) is 11.8 Å². The molecule has 0 atom stereocenters. The van der Waals surface area contributed by atoms with E-state index < -0.39 is 0 Å². The van der Waals surface area contributed by atoms with Gasteiger partial charge in [0.25, 0.3) is 11.8 Å². The SMILES string of the molecule is CSc1ccc(CN(C)C(=O)c2ccc3c(c2)NC(=O)CO3)cc1. The highest BCUT2D eigenvalue weighted by Crippen LogP contribution is 2.29. The molecule has 5 nitrogen and oxygen atoms in total. The number of anilines is 1. The summed E-state index contributed by atoms with van der Waals surface area (Å²) < 4.78 is 5.31. The number of rotatable bonds is 4. The Balaban J connectivity index is 1.73. The molecule has 0 unspecified atom stereocenters. The molecule has 0 bridgehead atoms. The maximum Gasteiger partial charge on any atom is 0.262 e. The van der Waals surface area contributed by atoms with Gasteiger partial charge in [-0.2, -0.15) is 0 Å². The number of ether oxygens (including phenoxy) is 1. The third kappa shape index (κ3) is 3.54. The number of benzene rings is 2. The van der Waals surface area contributed by atoms with E-state index in [1.54, 1.807) is 41.9 Å². The Morgan fingerprint density at radius 2 is 2.00 bits per heavy atom. The van der Waals surface area contributed by atoms with Gasteiger partial charge in [-0.1, -0.05) is 12.1 Å². The van der Waals surface area contributed by atoms with Crippen LogP contribution in [-0.2, 0) is 11.3 Å². The van der Waals surface area contributed by atoms with Gasteiger partial charge >= 0.3 is 0 Å². The minimum atomic E-state index is -0.214. The van der Waals surface area contributed by atoms with Crippen molar-refractivity contribution < 1.29 is 14.3 Å². The van der Waals surface area contributed by atoms with E-state index in [1.165, 1.54) is 4.90 Å². The molecule has 1 aliphatic heterocycles. The molecule has 0 aliphatic carbocycles. The second kappa shape index (κ2) is 6.97. The van der Waals surface area contributed by atoms with Crippen molar-refractivity contribution in [2.75, 3.05) is 25.2 Å². The van der Waals surface area contributed by atoms with Crippen LogP contribution in [0.5, 0.6) is 5.75 Å². The zero-order valence-corrected chi connectivity index (χ0v) is 14.4. The van der Waals surface area contributed by atoms with Crippen molar-refractivity contribution in [3.63, 3.8) is 0 Å². The molecule has 0 aromatic heterocycles. The summed E-state index contributed by atoms with van der Waals surface area (Å²) in [6.45, 7) is 0.527. The molecular formula is C18H18N2O3S. The van der Waals surface area contributed by atoms with E-state index >= 15 is 0 Å². The summed E-state index contributed by atoms with van der Waals surface area (Å²) >= 11 is 1.69. The number of carbonyl (C=O) groups excluding carboxylic acids is 2. The van der Waals surface area contributed by atoms with Crippen LogP contribution in [0.1, 0.15) is 15.9 Å². The zero-order valence-electron chi connectivity index (χ0n) is 13.5. The molecule has 24 heavy (non-hydrogen) atoms. The monoisotopic (exact) mass is 342 g/mol. The minimum Gasteiger partial charge on any atom is -0.482 e.